The largest absolute Gasteiger partial charge is 0.356 e. The van der Waals surface area contributed by atoms with Crippen molar-refractivity contribution in [3.63, 3.8) is 0 Å². The van der Waals surface area contributed by atoms with E-state index in [9.17, 15) is 9.59 Å². The van der Waals surface area contributed by atoms with Gasteiger partial charge in [0.2, 0.25) is 11.8 Å². The molecule has 0 aromatic heterocycles. The van der Waals surface area contributed by atoms with Crippen molar-refractivity contribution >= 4 is 29.1 Å². The lowest BCUT2D eigenvalue weighted by Gasteiger charge is -2.32. The second-order valence-corrected chi connectivity index (χ2v) is 11.0. The Balaban J connectivity index is 1.17. The van der Waals surface area contributed by atoms with Crippen LogP contribution in [-0.2, 0) is 15.0 Å². The Hall–Kier alpha value is -2.37. The molecule has 0 unspecified atom stereocenters. The van der Waals surface area contributed by atoms with E-state index in [4.69, 9.17) is 11.6 Å². The Morgan fingerprint density at radius 3 is 2.44 bits per heavy atom. The van der Waals surface area contributed by atoms with E-state index in [-0.39, 0.29) is 17.2 Å². The minimum absolute atomic E-state index is 0.0345. The van der Waals surface area contributed by atoms with Crippen molar-refractivity contribution < 1.29 is 9.59 Å². The van der Waals surface area contributed by atoms with Crippen LogP contribution in [0.2, 0.25) is 5.02 Å². The summed E-state index contributed by atoms with van der Waals surface area (Å²) in [6.07, 6.45) is 8.80. The minimum Gasteiger partial charge on any atom is -0.356 e. The van der Waals surface area contributed by atoms with E-state index in [1.807, 2.05) is 31.2 Å². The molecule has 2 amide bonds. The molecule has 1 aliphatic heterocycles. The first-order valence-corrected chi connectivity index (χ1v) is 14.0. The number of hydrogen-bond donors (Lipinski definition) is 2. The van der Waals surface area contributed by atoms with Crippen molar-refractivity contribution in [1.82, 2.24) is 10.2 Å². The molecule has 0 spiro atoms. The van der Waals surface area contributed by atoms with Crippen LogP contribution in [0, 0.1) is 0 Å². The predicted molar refractivity (Wildman–Crippen MR) is 148 cm³/mol. The van der Waals surface area contributed by atoms with Gasteiger partial charge in [0.05, 0.1) is 0 Å². The van der Waals surface area contributed by atoms with Gasteiger partial charge in [-0.25, -0.2) is 0 Å². The number of nitrogens with one attached hydrogen (secondary N) is 2. The van der Waals surface area contributed by atoms with Crippen molar-refractivity contribution in [3.8, 4) is 0 Å². The van der Waals surface area contributed by atoms with Crippen molar-refractivity contribution in [2.45, 2.75) is 76.0 Å². The molecule has 0 radical (unpaired) electrons. The number of carbonyl (C=O) groups is 2. The number of nitrogens with zero attached hydrogens (tertiary/aromatic N) is 1. The lowest BCUT2D eigenvalue weighted by molar-refractivity contribution is -0.122. The molecule has 36 heavy (non-hydrogen) atoms. The van der Waals surface area contributed by atoms with Gasteiger partial charge in [-0.1, -0.05) is 55.6 Å². The molecule has 2 aromatic rings. The van der Waals surface area contributed by atoms with Gasteiger partial charge < -0.3 is 15.5 Å². The van der Waals surface area contributed by atoms with Gasteiger partial charge in [-0.15, -0.1) is 0 Å². The second-order valence-electron chi connectivity index (χ2n) is 10.5. The molecule has 4 rings (SSSR count). The Kier molecular flexibility index (Phi) is 9.44. The van der Waals surface area contributed by atoms with Crippen LogP contribution in [0.5, 0.6) is 0 Å². The Bertz CT molecular complexity index is 1010. The van der Waals surface area contributed by atoms with E-state index in [1.165, 1.54) is 24.0 Å². The second kappa shape index (κ2) is 12.7. The third kappa shape index (κ3) is 7.10. The Morgan fingerprint density at radius 2 is 1.75 bits per heavy atom. The fraction of sp³-hybridized carbons (Fsp3) is 0.533. The predicted octanol–water partition coefficient (Wildman–Crippen LogP) is 6.28. The van der Waals surface area contributed by atoms with Crippen LogP contribution in [0.25, 0.3) is 0 Å². The fourth-order valence-electron chi connectivity index (χ4n) is 5.93. The summed E-state index contributed by atoms with van der Waals surface area (Å²) >= 11 is 6.09. The van der Waals surface area contributed by atoms with Crippen LogP contribution in [0.3, 0.4) is 0 Å². The first-order chi connectivity index (χ1) is 17.5. The van der Waals surface area contributed by atoms with Crippen LogP contribution in [0.1, 0.15) is 81.8 Å². The summed E-state index contributed by atoms with van der Waals surface area (Å²) in [7, 11) is 0. The van der Waals surface area contributed by atoms with Crippen molar-refractivity contribution in [3.05, 3.63) is 64.7 Å². The zero-order valence-electron chi connectivity index (χ0n) is 21.5. The third-order valence-corrected chi connectivity index (χ3v) is 8.29. The third-order valence-electron chi connectivity index (χ3n) is 8.04. The zero-order chi connectivity index (χ0) is 25.4. The highest BCUT2D eigenvalue weighted by atomic mass is 35.5. The monoisotopic (exact) mass is 509 g/mol. The first-order valence-electron chi connectivity index (χ1n) is 13.6. The van der Waals surface area contributed by atoms with Gasteiger partial charge in [-0.05, 0) is 93.0 Å². The number of halogens is 1. The van der Waals surface area contributed by atoms with Gasteiger partial charge in [0.25, 0.3) is 0 Å². The van der Waals surface area contributed by atoms with Crippen LogP contribution in [0.15, 0.2) is 48.5 Å². The van der Waals surface area contributed by atoms with E-state index in [1.54, 1.807) is 0 Å². The lowest BCUT2D eigenvalue weighted by Crippen LogP contribution is -2.37. The molecule has 2 fully saturated rings. The molecule has 0 atom stereocenters. The smallest absolute Gasteiger partial charge is 0.224 e. The fourth-order valence-corrected chi connectivity index (χ4v) is 6.06. The van der Waals surface area contributed by atoms with E-state index >= 15 is 0 Å². The van der Waals surface area contributed by atoms with Gasteiger partial charge in [0.15, 0.2) is 0 Å². The first kappa shape index (κ1) is 26.7. The molecule has 2 aliphatic rings. The highest BCUT2D eigenvalue weighted by molar-refractivity contribution is 6.30. The van der Waals surface area contributed by atoms with E-state index < -0.39 is 0 Å². The molecule has 0 bridgehead atoms. The molecule has 1 saturated heterocycles. The SMILES string of the molecule is CCC(=O)Nc1cccc(C2CCN(CCCNC(=O)CC3(c4ccc(Cl)cc4)CCCC3)CC2)c1. The Morgan fingerprint density at radius 1 is 1.03 bits per heavy atom. The average Bonchev–Trinajstić information content (AvgIpc) is 3.37. The maximum Gasteiger partial charge on any atom is 0.224 e. The summed E-state index contributed by atoms with van der Waals surface area (Å²) < 4.78 is 0. The number of hydrogen-bond acceptors (Lipinski definition) is 3. The van der Waals surface area contributed by atoms with Crippen molar-refractivity contribution in [2.24, 2.45) is 0 Å². The average molecular weight is 510 g/mol. The molecule has 2 aromatic carbocycles. The number of piperidine rings is 1. The maximum atomic E-state index is 12.8. The number of likely N-dealkylation sites (tertiary alicyclic amines) is 1. The summed E-state index contributed by atoms with van der Waals surface area (Å²) in [5.41, 5.74) is 3.43. The lowest BCUT2D eigenvalue weighted by atomic mass is 9.76. The van der Waals surface area contributed by atoms with Crippen LogP contribution in [0.4, 0.5) is 5.69 Å². The maximum absolute atomic E-state index is 12.8. The summed E-state index contributed by atoms with van der Waals surface area (Å²) in [6, 6.07) is 16.4. The van der Waals surface area contributed by atoms with Crippen LogP contribution in [-0.4, -0.2) is 42.9 Å². The minimum atomic E-state index is -0.0345. The van der Waals surface area contributed by atoms with Gasteiger partial charge >= 0.3 is 0 Å². The van der Waals surface area contributed by atoms with Crippen LogP contribution >= 0.6 is 11.6 Å². The molecule has 2 N–H and O–H groups in total. The van der Waals surface area contributed by atoms with Gasteiger partial charge in [-0.2, -0.15) is 0 Å². The molecule has 6 heteroatoms. The number of amides is 2. The molecular weight excluding hydrogens is 470 g/mol. The highest BCUT2D eigenvalue weighted by Gasteiger charge is 2.37. The summed E-state index contributed by atoms with van der Waals surface area (Å²) in [5, 5.41) is 6.91. The summed E-state index contributed by atoms with van der Waals surface area (Å²) in [4.78, 5) is 27.1. The Labute approximate surface area is 221 Å². The molecule has 1 saturated carbocycles. The quantitative estimate of drug-likeness (QED) is 0.371. The van der Waals surface area contributed by atoms with E-state index in [2.05, 4.69) is 39.8 Å². The van der Waals surface area contributed by atoms with Crippen LogP contribution < -0.4 is 10.6 Å². The highest BCUT2D eigenvalue weighted by Crippen LogP contribution is 2.44. The number of anilines is 1. The van der Waals surface area contributed by atoms with Crippen molar-refractivity contribution in [2.75, 3.05) is 31.5 Å². The number of carbonyl (C=O) groups excluding carboxylic acids is 2. The number of rotatable bonds is 10. The van der Waals surface area contributed by atoms with Crippen molar-refractivity contribution in [1.29, 1.82) is 0 Å². The molecule has 1 aliphatic carbocycles. The number of benzene rings is 2. The van der Waals surface area contributed by atoms with E-state index in [0.717, 1.165) is 69.0 Å². The standard InChI is InChI=1S/C30H40ClN3O2/c1-2-28(35)33-27-8-5-7-24(21-27)23-13-19-34(20-14-23)18-6-17-32-29(36)22-30(15-3-4-16-30)25-9-11-26(31)12-10-25/h5,7-12,21,23H,2-4,6,13-20,22H2,1H3,(H,32,36)(H,33,35). The molecule has 194 valence electrons. The van der Waals surface area contributed by atoms with Gasteiger partial charge in [-0.3, -0.25) is 9.59 Å². The molecule has 5 nitrogen and oxygen atoms in total. The summed E-state index contributed by atoms with van der Waals surface area (Å²) in [5.74, 6) is 0.757. The normalized spacial score (nSPS) is 18.2. The van der Waals surface area contributed by atoms with Gasteiger partial charge in [0.1, 0.15) is 0 Å². The molecular formula is C30H40ClN3O2. The van der Waals surface area contributed by atoms with E-state index in [0.29, 0.717) is 18.8 Å². The zero-order valence-corrected chi connectivity index (χ0v) is 22.3. The van der Waals surface area contributed by atoms with Gasteiger partial charge in [0, 0.05) is 35.5 Å². The molecule has 1 heterocycles. The topological polar surface area (TPSA) is 61.4 Å². The summed E-state index contributed by atoms with van der Waals surface area (Å²) in [6.45, 7) is 5.76.